The summed E-state index contributed by atoms with van der Waals surface area (Å²) in [5, 5.41) is 6.18. The Morgan fingerprint density at radius 2 is 1.78 bits per heavy atom. The number of halogens is 1. The van der Waals surface area contributed by atoms with E-state index in [0.29, 0.717) is 22.8 Å². The lowest BCUT2D eigenvalue weighted by atomic mass is 10.1. The fraction of sp³-hybridized carbons (Fsp3) is 0.0909. The first-order chi connectivity index (χ1) is 13.1. The fourth-order valence-electron chi connectivity index (χ4n) is 2.48. The molecule has 134 valence electrons. The molecule has 3 rings (SSSR count). The van der Waals surface area contributed by atoms with Crippen LogP contribution in [0.3, 0.4) is 0 Å². The Morgan fingerprint density at radius 1 is 0.963 bits per heavy atom. The van der Waals surface area contributed by atoms with Crippen LogP contribution >= 0.6 is 11.6 Å². The SMILES string of the molecule is O=C(Cc1ccc(NC(=O)c2cccc(Cl)c2)cc1)NCc1cc#ccc1. The standard InChI is InChI=1S/C22H17ClN2O2/c23-19-8-4-7-18(14-19)22(27)25-20-11-9-16(10-12-20)13-21(26)24-15-17-5-2-1-3-6-17/h2,4-12,14H,13,15H2,(H,24,26)(H,25,27). The lowest BCUT2D eigenvalue weighted by Gasteiger charge is -2.08. The van der Waals surface area contributed by atoms with Crippen molar-refractivity contribution in [3.8, 4) is 0 Å². The highest BCUT2D eigenvalue weighted by Crippen LogP contribution is 2.14. The molecule has 0 saturated carbocycles. The molecule has 3 aromatic carbocycles. The zero-order valence-electron chi connectivity index (χ0n) is 14.5. The van der Waals surface area contributed by atoms with Crippen LogP contribution < -0.4 is 10.6 Å². The molecule has 0 radical (unpaired) electrons. The first-order valence-corrected chi connectivity index (χ1v) is 8.77. The van der Waals surface area contributed by atoms with Gasteiger partial charge in [0.2, 0.25) is 5.91 Å². The van der Waals surface area contributed by atoms with E-state index in [-0.39, 0.29) is 18.2 Å². The molecule has 0 aliphatic carbocycles. The minimum Gasteiger partial charge on any atom is -0.352 e. The van der Waals surface area contributed by atoms with Gasteiger partial charge in [0.1, 0.15) is 0 Å². The Hall–Kier alpha value is -3.29. The Kier molecular flexibility index (Phi) is 6.09. The van der Waals surface area contributed by atoms with Crippen molar-refractivity contribution in [2.45, 2.75) is 13.0 Å². The van der Waals surface area contributed by atoms with Crippen molar-refractivity contribution in [2.24, 2.45) is 0 Å². The van der Waals surface area contributed by atoms with E-state index in [2.05, 4.69) is 22.8 Å². The van der Waals surface area contributed by atoms with Gasteiger partial charge in [0.15, 0.2) is 0 Å². The normalized spacial score (nSPS) is 9.96. The number of hydrogen-bond donors (Lipinski definition) is 2. The largest absolute Gasteiger partial charge is 0.352 e. The maximum atomic E-state index is 12.2. The molecule has 0 fully saturated rings. The molecule has 0 spiro atoms. The molecule has 3 aromatic rings. The van der Waals surface area contributed by atoms with E-state index in [1.54, 1.807) is 48.5 Å². The number of carbonyl (C=O) groups is 2. The van der Waals surface area contributed by atoms with Gasteiger partial charge in [-0.15, -0.1) is 0 Å². The van der Waals surface area contributed by atoms with Crippen LogP contribution in [0.5, 0.6) is 0 Å². The van der Waals surface area contributed by atoms with Crippen molar-refractivity contribution in [1.29, 1.82) is 0 Å². The third-order valence-electron chi connectivity index (χ3n) is 3.87. The van der Waals surface area contributed by atoms with Gasteiger partial charge in [-0.1, -0.05) is 41.9 Å². The van der Waals surface area contributed by atoms with E-state index in [1.165, 1.54) is 0 Å². The molecule has 2 amide bonds. The summed E-state index contributed by atoms with van der Waals surface area (Å²) in [7, 11) is 0. The second-order valence-electron chi connectivity index (χ2n) is 5.96. The number of nitrogens with one attached hydrogen (secondary N) is 2. The van der Waals surface area contributed by atoms with Gasteiger partial charge < -0.3 is 10.6 Å². The van der Waals surface area contributed by atoms with Gasteiger partial charge in [0, 0.05) is 22.8 Å². The molecule has 4 nitrogen and oxygen atoms in total. The van der Waals surface area contributed by atoms with Crippen LogP contribution in [0.4, 0.5) is 5.69 Å². The topological polar surface area (TPSA) is 58.2 Å². The maximum absolute atomic E-state index is 12.2. The Balaban J connectivity index is 1.52. The molecular formula is C22H17ClN2O2. The summed E-state index contributed by atoms with van der Waals surface area (Å²) in [6.45, 7) is 0.456. The van der Waals surface area contributed by atoms with E-state index in [0.717, 1.165) is 11.1 Å². The highest BCUT2D eigenvalue weighted by atomic mass is 35.5. The summed E-state index contributed by atoms with van der Waals surface area (Å²) >= 11 is 5.90. The van der Waals surface area contributed by atoms with E-state index in [1.807, 2.05) is 18.2 Å². The van der Waals surface area contributed by atoms with Crippen LogP contribution in [0.1, 0.15) is 21.5 Å². The number of amides is 2. The fourth-order valence-corrected chi connectivity index (χ4v) is 2.67. The molecule has 0 heterocycles. The zero-order valence-corrected chi connectivity index (χ0v) is 15.2. The van der Waals surface area contributed by atoms with Crippen LogP contribution in [0.2, 0.25) is 5.02 Å². The average Bonchev–Trinajstić information content (AvgIpc) is 2.69. The maximum Gasteiger partial charge on any atom is 0.255 e. The molecule has 2 N–H and O–H groups in total. The molecule has 0 atom stereocenters. The summed E-state index contributed by atoms with van der Waals surface area (Å²) in [6.07, 6.45) is 0.269. The lowest BCUT2D eigenvalue weighted by molar-refractivity contribution is -0.120. The molecule has 5 heteroatoms. The number of hydrogen-bond acceptors (Lipinski definition) is 2. The molecule has 0 aromatic heterocycles. The number of rotatable bonds is 6. The van der Waals surface area contributed by atoms with E-state index in [4.69, 9.17) is 11.6 Å². The predicted molar refractivity (Wildman–Crippen MR) is 106 cm³/mol. The van der Waals surface area contributed by atoms with Crippen LogP contribution in [0, 0.1) is 12.1 Å². The van der Waals surface area contributed by atoms with E-state index in [9.17, 15) is 9.59 Å². The minimum absolute atomic E-state index is 0.0708. The molecule has 0 aliphatic rings. The van der Waals surface area contributed by atoms with Crippen LogP contribution in [-0.4, -0.2) is 11.8 Å². The van der Waals surface area contributed by atoms with Crippen LogP contribution in [0.15, 0.2) is 66.7 Å². The van der Waals surface area contributed by atoms with Gasteiger partial charge >= 0.3 is 0 Å². The Labute approximate surface area is 163 Å². The van der Waals surface area contributed by atoms with Crippen LogP contribution in [0.25, 0.3) is 0 Å². The van der Waals surface area contributed by atoms with Crippen molar-refractivity contribution in [1.82, 2.24) is 5.32 Å². The summed E-state index contributed by atoms with van der Waals surface area (Å²) in [5.41, 5.74) is 2.98. The second kappa shape index (κ2) is 8.88. The molecule has 0 saturated heterocycles. The lowest BCUT2D eigenvalue weighted by Crippen LogP contribution is -2.24. The smallest absolute Gasteiger partial charge is 0.255 e. The van der Waals surface area contributed by atoms with Gasteiger partial charge in [-0.05, 0) is 59.7 Å². The predicted octanol–water partition coefficient (Wildman–Crippen LogP) is 4.05. The van der Waals surface area contributed by atoms with Gasteiger partial charge in [0.05, 0.1) is 6.42 Å². The van der Waals surface area contributed by atoms with Crippen molar-refractivity contribution < 1.29 is 9.59 Å². The quantitative estimate of drug-likeness (QED) is 0.681. The van der Waals surface area contributed by atoms with E-state index >= 15 is 0 Å². The van der Waals surface area contributed by atoms with Crippen molar-refractivity contribution >= 4 is 29.1 Å². The van der Waals surface area contributed by atoms with Gasteiger partial charge in [-0.2, -0.15) is 0 Å². The number of anilines is 1. The Bertz CT molecular complexity index is 925. The molecule has 0 unspecified atom stereocenters. The first-order valence-electron chi connectivity index (χ1n) is 8.39. The highest BCUT2D eigenvalue weighted by molar-refractivity contribution is 6.31. The third-order valence-corrected chi connectivity index (χ3v) is 4.11. The van der Waals surface area contributed by atoms with Crippen molar-refractivity contribution in [3.05, 3.63) is 101 Å². The number of carbonyl (C=O) groups excluding carboxylic acids is 2. The Morgan fingerprint density at radius 3 is 2.48 bits per heavy atom. The molecular weight excluding hydrogens is 360 g/mol. The monoisotopic (exact) mass is 376 g/mol. The van der Waals surface area contributed by atoms with Crippen molar-refractivity contribution in [2.75, 3.05) is 5.32 Å². The average molecular weight is 377 g/mol. The highest BCUT2D eigenvalue weighted by Gasteiger charge is 2.07. The van der Waals surface area contributed by atoms with Crippen LogP contribution in [-0.2, 0) is 17.8 Å². The van der Waals surface area contributed by atoms with Gasteiger partial charge in [0.25, 0.3) is 5.91 Å². The molecule has 27 heavy (non-hydrogen) atoms. The zero-order chi connectivity index (χ0) is 19.1. The van der Waals surface area contributed by atoms with Crippen molar-refractivity contribution in [3.63, 3.8) is 0 Å². The molecule has 0 aliphatic heterocycles. The minimum atomic E-state index is -0.236. The second-order valence-corrected chi connectivity index (χ2v) is 6.39. The van der Waals surface area contributed by atoms with Gasteiger partial charge in [-0.25, -0.2) is 0 Å². The number of benzene rings is 2. The van der Waals surface area contributed by atoms with Gasteiger partial charge in [-0.3, -0.25) is 9.59 Å². The third kappa shape index (κ3) is 5.60. The summed E-state index contributed by atoms with van der Waals surface area (Å²) < 4.78 is 0. The summed E-state index contributed by atoms with van der Waals surface area (Å²) in [4.78, 5) is 24.3. The first kappa shape index (κ1) is 18.5. The summed E-state index contributed by atoms with van der Waals surface area (Å²) in [6, 6.07) is 25.0. The summed E-state index contributed by atoms with van der Waals surface area (Å²) in [5.74, 6) is -0.307. The van der Waals surface area contributed by atoms with E-state index < -0.39 is 0 Å². The molecule has 0 bridgehead atoms.